The number of nitrogens with zero attached hydrogens (tertiary/aromatic N) is 3. The van der Waals surface area contributed by atoms with Crippen molar-refractivity contribution in [1.82, 2.24) is 14.7 Å². The van der Waals surface area contributed by atoms with Gasteiger partial charge >= 0.3 is 5.97 Å². The molecular weight excluding hydrogens is 336 g/mol. The molecule has 3 rings (SSSR count). The number of aliphatic hydroxyl groups excluding tert-OH is 1. The lowest BCUT2D eigenvalue weighted by Gasteiger charge is -2.35. The molecule has 3 N–H and O–H groups in total. The van der Waals surface area contributed by atoms with Crippen molar-refractivity contribution in [3.63, 3.8) is 0 Å². The number of ether oxygens (including phenoxy) is 1. The van der Waals surface area contributed by atoms with Crippen molar-refractivity contribution in [3.8, 4) is 0 Å². The number of aliphatic hydroxyl groups is 1. The number of fused-ring (bicyclic) bond motifs is 1. The van der Waals surface area contributed by atoms with Crippen LogP contribution in [0, 0.1) is 5.92 Å². The van der Waals surface area contributed by atoms with Gasteiger partial charge in [0.15, 0.2) is 5.69 Å². The molecule has 0 unspecified atom stereocenters. The summed E-state index contributed by atoms with van der Waals surface area (Å²) in [4.78, 5) is 26.0. The zero-order valence-corrected chi connectivity index (χ0v) is 14.4. The molecule has 1 amide bonds. The van der Waals surface area contributed by atoms with Gasteiger partial charge < -0.3 is 20.5 Å². The summed E-state index contributed by atoms with van der Waals surface area (Å²) in [5, 5.41) is 13.9. The maximum absolute atomic E-state index is 12.7. The summed E-state index contributed by atoms with van der Waals surface area (Å²) in [5.74, 6) is -0.542. The lowest BCUT2D eigenvalue weighted by Crippen LogP contribution is -2.47. The topological polar surface area (TPSA) is 111 Å². The van der Waals surface area contributed by atoms with E-state index in [0.29, 0.717) is 38.9 Å². The Hall–Kier alpha value is -1.64. The fraction of sp³-hybridized carbons (Fsp3) is 0.667. The minimum absolute atomic E-state index is 0. The number of hydrogen-bond donors (Lipinski definition) is 2. The van der Waals surface area contributed by atoms with Crippen LogP contribution in [-0.4, -0.2) is 57.5 Å². The number of hydrogen-bond acceptors (Lipinski definition) is 6. The van der Waals surface area contributed by atoms with E-state index in [-0.39, 0.29) is 36.0 Å². The minimum atomic E-state index is -0.510. The molecule has 0 saturated heterocycles. The number of esters is 1. The number of carbonyl (C=O) groups excluding carboxylic acids is 2. The third kappa shape index (κ3) is 3.55. The predicted octanol–water partition coefficient (Wildman–Crippen LogP) is -0.0780. The number of halogens is 1. The maximum atomic E-state index is 12.7. The molecule has 1 aliphatic heterocycles. The van der Waals surface area contributed by atoms with Gasteiger partial charge in [0.05, 0.1) is 32.0 Å². The third-order valence-corrected chi connectivity index (χ3v) is 4.72. The van der Waals surface area contributed by atoms with Gasteiger partial charge in [0.2, 0.25) is 5.91 Å². The van der Waals surface area contributed by atoms with E-state index in [9.17, 15) is 14.7 Å². The maximum Gasteiger partial charge on any atom is 0.358 e. The van der Waals surface area contributed by atoms with E-state index in [0.717, 1.165) is 5.69 Å². The highest BCUT2D eigenvalue weighted by Crippen LogP contribution is 2.27. The standard InChI is InChI=1S/C15H22N4O4.ClH/c1-23-15(22)12-7-10-8-18(4-5-19(10)17-12)14(21)9-2-3-13(20)11(16)6-9;/h7,9,11,13,20H,2-6,8,16H2,1H3;1H/t9-,11+,13+;/m0./s1. The molecule has 0 bridgehead atoms. The van der Waals surface area contributed by atoms with Crippen molar-refractivity contribution in [2.45, 2.75) is 44.5 Å². The Balaban J connectivity index is 0.00000208. The molecule has 24 heavy (non-hydrogen) atoms. The number of aromatic nitrogens is 2. The number of nitrogens with two attached hydrogens (primary N) is 1. The zero-order valence-electron chi connectivity index (χ0n) is 13.6. The van der Waals surface area contributed by atoms with Gasteiger partial charge in [-0.15, -0.1) is 12.4 Å². The normalized spacial score (nSPS) is 26.3. The van der Waals surface area contributed by atoms with Crippen LogP contribution in [0.5, 0.6) is 0 Å². The number of rotatable bonds is 2. The molecule has 0 spiro atoms. The van der Waals surface area contributed by atoms with Gasteiger partial charge in [0, 0.05) is 18.5 Å². The molecule has 1 aromatic rings. The Morgan fingerprint density at radius 2 is 2.12 bits per heavy atom. The summed E-state index contributed by atoms with van der Waals surface area (Å²) >= 11 is 0. The smallest absolute Gasteiger partial charge is 0.358 e. The zero-order chi connectivity index (χ0) is 16.6. The molecule has 0 radical (unpaired) electrons. The highest BCUT2D eigenvalue weighted by molar-refractivity contribution is 5.87. The Morgan fingerprint density at radius 1 is 1.38 bits per heavy atom. The summed E-state index contributed by atoms with van der Waals surface area (Å²) in [6.45, 7) is 1.54. The first-order valence-corrected chi connectivity index (χ1v) is 7.87. The molecule has 1 fully saturated rings. The van der Waals surface area contributed by atoms with E-state index in [4.69, 9.17) is 5.73 Å². The van der Waals surface area contributed by atoms with E-state index in [2.05, 4.69) is 9.84 Å². The van der Waals surface area contributed by atoms with Gasteiger partial charge in [-0.25, -0.2) is 4.79 Å². The van der Waals surface area contributed by atoms with Crippen molar-refractivity contribution in [1.29, 1.82) is 0 Å². The lowest BCUT2D eigenvalue weighted by atomic mass is 9.83. The average molecular weight is 359 g/mol. The highest BCUT2D eigenvalue weighted by atomic mass is 35.5. The molecule has 134 valence electrons. The molecular formula is C15H23ClN4O4. The molecule has 9 heteroatoms. The molecule has 8 nitrogen and oxygen atoms in total. The van der Waals surface area contributed by atoms with E-state index in [1.54, 1.807) is 15.6 Å². The van der Waals surface area contributed by atoms with Crippen molar-refractivity contribution in [2.75, 3.05) is 13.7 Å². The summed E-state index contributed by atoms with van der Waals surface area (Å²) in [6.07, 6.45) is 1.24. The second kappa shape index (κ2) is 7.50. The summed E-state index contributed by atoms with van der Waals surface area (Å²) in [7, 11) is 1.32. The molecule has 2 aliphatic rings. The molecule has 1 saturated carbocycles. The molecule has 2 heterocycles. The van der Waals surface area contributed by atoms with E-state index in [1.165, 1.54) is 7.11 Å². The van der Waals surface area contributed by atoms with E-state index in [1.807, 2.05) is 0 Å². The van der Waals surface area contributed by atoms with Gasteiger partial charge in [-0.05, 0) is 25.3 Å². The number of carbonyl (C=O) groups is 2. The number of methoxy groups -OCH3 is 1. The van der Waals surface area contributed by atoms with Crippen LogP contribution in [0.15, 0.2) is 6.07 Å². The van der Waals surface area contributed by atoms with Gasteiger partial charge in [-0.1, -0.05) is 0 Å². The third-order valence-electron chi connectivity index (χ3n) is 4.72. The molecule has 1 aromatic heterocycles. The predicted molar refractivity (Wildman–Crippen MR) is 87.6 cm³/mol. The molecule has 0 aromatic carbocycles. The van der Waals surface area contributed by atoms with Crippen molar-refractivity contribution < 1.29 is 19.4 Å². The van der Waals surface area contributed by atoms with Crippen molar-refractivity contribution in [2.24, 2.45) is 11.7 Å². The quantitative estimate of drug-likeness (QED) is 0.715. The first-order chi connectivity index (χ1) is 11.0. The lowest BCUT2D eigenvalue weighted by molar-refractivity contribution is -0.139. The average Bonchev–Trinajstić information content (AvgIpc) is 2.99. The molecule has 1 aliphatic carbocycles. The van der Waals surface area contributed by atoms with Crippen LogP contribution in [-0.2, 0) is 22.6 Å². The van der Waals surface area contributed by atoms with E-state index >= 15 is 0 Å². The summed E-state index contributed by atoms with van der Waals surface area (Å²) in [5.41, 5.74) is 6.97. The summed E-state index contributed by atoms with van der Waals surface area (Å²) < 4.78 is 6.41. The van der Waals surface area contributed by atoms with E-state index < -0.39 is 12.1 Å². The molecule has 3 atom stereocenters. The largest absolute Gasteiger partial charge is 0.464 e. The minimum Gasteiger partial charge on any atom is -0.464 e. The number of amides is 1. The monoisotopic (exact) mass is 358 g/mol. The van der Waals surface area contributed by atoms with Crippen molar-refractivity contribution >= 4 is 24.3 Å². The van der Waals surface area contributed by atoms with Gasteiger partial charge in [0.25, 0.3) is 0 Å². The van der Waals surface area contributed by atoms with Crippen molar-refractivity contribution in [3.05, 3.63) is 17.5 Å². The first kappa shape index (κ1) is 18.7. The Morgan fingerprint density at radius 3 is 2.79 bits per heavy atom. The first-order valence-electron chi connectivity index (χ1n) is 7.87. The Kier molecular flexibility index (Phi) is 5.84. The van der Waals surface area contributed by atoms with Gasteiger partial charge in [-0.3, -0.25) is 9.48 Å². The van der Waals surface area contributed by atoms with Gasteiger partial charge in [-0.2, -0.15) is 5.10 Å². The fourth-order valence-corrected chi connectivity index (χ4v) is 3.33. The second-order valence-electron chi connectivity index (χ2n) is 6.24. The second-order valence-corrected chi connectivity index (χ2v) is 6.24. The van der Waals surface area contributed by atoms with Crippen LogP contribution in [0.3, 0.4) is 0 Å². The Bertz CT molecular complexity index is 621. The van der Waals surface area contributed by atoms with Crippen LogP contribution in [0.1, 0.15) is 35.4 Å². The highest BCUT2D eigenvalue weighted by Gasteiger charge is 2.34. The fourth-order valence-electron chi connectivity index (χ4n) is 3.33. The van der Waals surface area contributed by atoms with Gasteiger partial charge in [0.1, 0.15) is 0 Å². The Labute approximate surface area is 146 Å². The van der Waals surface area contributed by atoms with Crippen LogP contribution in [0.4, 0.5) is 0 Å². The van der Waals surface area contributed by atoms with Crippen LogP contribution in [0.2, 0.25) is 0 Å². The summed E-state index contributed by atoms with van der Waals surface area (Å²) in [6, 6.07) is 1.33. The van der Waals surface area contributed by atoms with Crippen LogP contribution in [0.25, 0.3) is 0 Å². The van der Waals surface area contributed by atoms with Crippen LogP contribution >= 0.6 is 12.4 Å². The van der Waals surface area contributed by atoms with Crippen LogP contribution < -0.4 is 5.73 Å². The SMILES string of the molecule is COC(=O)c1cc2n(n1)CCN(C(=O)[C@H]1CC[C@@H](O)[C@H](N)C1)C2.Cl.